The molecule has 6 nitrogen and oxygen atoms in total. The zero-order chi connectivity index (χ0) is 18.8. The van der Waals surface area contributed by atoms with Crippen molar-refractivity contribution in [3.8, 4) is 5.88 Å². The average Bonchev–Trinajstić information content (AvgIpc) is 3.22. The summed E-state index contributed by atoms with van der Waals surface area (Å²) < 4.78 is 5.11. The Hall–Kier alpha value is -2.89. The number of pyridine rings is 1. The number of ether oxygens (including phenoxy) is 1. The molecule has 1 aliphatic carbocycles. The summed E-state index contributed by atoms with van der Waals surface area (Å²) >= 11 is 0. The molecule has 2 N–H and O–H groups in total. The van der Waals surface area contributed by atoms with Crippen LogP contribution in [0.5, 0.6) is 5.88 Å². The molecule has 6 heteroatoms. The van der Waals surface area contributed by atoms with Gasteiger partial charge in [0, 0.05) is 41.9 Å². The van der Waals surface area contributed by atoms with E-state index in [1.165, 1.54) is 0 Å². The summed E-state index contributed by atoms with van der Waals surface area (Å²) in [5.41, 5.74) is 3.46. The van der Waals surface area contributed by atoms with E-state index in [1.807, 2.05) is 24.3 Å². The molecule has 140 valence electrons. The van der Waals surface area contributed by atoms with E-state index in [4.69, 9.17) is 4.74 Å². The predicted molar refractivity (Wildman–Crippen MR) is 103 cm³/mol. The highest BCUT2D eigenvalue weighted by Crippen LogP contribution is 2.38. The molecule has 4 rings (SSSR count). The van der Waals surface area contributed by atoms with E-state index >= 15 is 0 Å². The third kappa shape index (κ3) is 3.65. The standard InChI is InChI=1S/C21H23N3O3/c1-27-20-9-6-14(12-22-20)17-11-19(25)24-18-10-15(7-8-16(17)18)23-21(26)13-4-2-3-5-13/h6-10,12-13,17H,2-5,11H2,1H3,(H,23,26)(H,24,25)/t17-/m0/s1. The van der Waals surface area contributed by atoms with Gasteiger partial charge in [0.05, 0.1) is 7.11 Å². The van der Waals surface area contributed by atoms with Crippen LogP contribution in [0.2, 0.25) is 0 Å². The van der Waals surface area contributed by atoms with Gasteiger partial charge in [-0.05, 0) is 36.1 Å². The molecule has 2 heterocycles. The second kappa shape index (κ2) is 7.39. The molecule has 0 saturated heterocycles. The van der Waals surface area contributed by atoms with Crippen LogP contribution in [-0.2, 0) is 9.59 Å². The minimum atomic E-state index is -0.0632. The van der Waals surface area contributed by atoms with Gasteiger partial charge in [0.25, 0.3) is 0 Å². The van der Waals surface area contributed by atoms with Gasteiger partial charge in [0.2, 0.25) is 17.7 Å². The van der Waals surface area contributed by atoms with Crippen molar-refractivity contribution in [2.24, 2.45) is 5.92 Å². The third-order valence-electron chi connectivity index (χ3n) is 5.46. The number of hydrogen-bond donors (Lipinski definition) is 2. The molecule has 1 aromatic heterocycles. The van der Waals surface area contributed by atoms with E-state index in [0.29, 0.717) is 12.3 Å². The number of nitrogens with zero attached hydrogens (tertiary/aromatic N) is 1. The molecule has 1 atom stereocenters. The minimum absolute atomic E-state index is 0.0393. The molecular weight excluding hydrogens is 342 g/mol. The van der Waals surface area contributed by atoms with E-state index in [0.717, 1.165) is 48.2 Å². The first-order valence-electron chi connectivity index (χ1n) is 9.38. The molecule has 1 saturated carbocycles. The maximum absolute atomic E-state index is 12.4. The summed E-state index contributed by atoms with van der Waals surface area (Å²) in [5, 5.41) is 5.93. The molecular formula is C21H23N3O3. The van der Waals surface area contributed by atoms with Crippen molar-refractivity contribution >= 4 is 23.2 Å². The Kier molecular flexibility index (Phi) is 4.79. The van der Waals surface area contributed by atoms with E-state index < -0.39 is 0 Å². The number of carbonyl (C=O) groups is 2. The fourth-order valence-corrected chi connectivity index (χ4v) is 3.99. The zero-order valence-electron chi connectivity index (χ0n) is 15.3. The van der Waals surface area contributed by atoms with Gasteiger partial charge in [0.15, 0.2) is 0 Å². The lowest BCUT2D eigenvalue weighted by Gasteiger charge is -2.26. The molecule has 0 spiro atoms. The van der Waals surface area contributed by atoms with Crippen molar-refractivity contribution in [2.45, 2.75) is 38.0 Å². The van der Waals surface area contributed by atoms with Gasteiger partial charge in [-0.2, -0.15) is 0 Å². The van der Waals surface area contributed by atoms with Gasteiger partial charge in [-0.1, -0.05) is 25.0 Å². The maximum atomic E-state index is 12.4. The van der Waals surface area contributed by atoms with Crippen LogP contribution in [-0.4, -0.2) is 23.9 Å². The lowest BCUT2D eigenvalue weighted by Crippen LogP contribution is -2.24. The van der Waals surface area contributed by atoms with Gasteiger partial charge >= 0.3 is 0 Å². The second-order valence-electron chi connectivity index (χ2n) is 7.21. The first kappa shape index (κ1) is 17.5. The van der Waals surface area contributed by atoms with Gasteiger partial charge < -0.3 is 15.4 Å². The van der Waals surface area contributed by atoms with Crippen molar-refractivity contribution in [3.05, 3.63) is 47.7 Å². The van der Waals surface area contributed by atoms with Gasteiger partial charge in [-0.25, -0.2) is 4.98 Å². The Morgan fingerprint density at radius 3 is 2.74 bits per heavy atom. The number of anilines is 2. The third-order valence-corrected chi connectivity index (χ3v) is 5.46. The summed E-state index contributed by atoms with van der Waals surface area (Å²) in [6.07, 6.45) is 6.28. The monoisotopic (exact) mass is 365 g/mol. The van der Waals surface area contributed by atoms with Crippen molar-refractivity contribution < 1.29 is 14.3 Å². The SMILES string of the molecule is COc1ccc([C@@H]2CC(=O)Nc3cc(NC(=O)C4CCCC4)ccc32)cn1. The number of aromatic nitrogens is 1. The molecule has 2 aliphatic rings. The first-order chi connectivity index (χ1) is 13.1. The van der Waals surface area contributed by atoms with E-state index in [-0.39, 0.29) is 23.7 Å². The summed E-state index contributed by atoms with van der Waals surface area (Å²) in [4.78, 5) is 28.9. The van der Waals surface area contributed by atoms with Gasteiger partial charge in [0.1, 0.15) is 0 Å². The van der Waals surface area contributed by atoms with Crippen LogP contribution in [0.15, 0.2) is 36.5 Å². The molecule has 0 unspecified atom stereocenters. The normalized spacial score (nSPS) is 19.3. The Morgan fingerprint density at radius 2 is 2.04 bits per heavy atom. The highest BCUT2D eigenvalue weighted by molar-refractivity contribution is 5.98. The van der Waals surface area contributed by atoms with Crippen LogP contribution in [0.4, 0.5) is 11.4 Å². The number of amides is 2. The lowest BCUT2D eigenvalue weighted by molar-refractivity contribution is -0.119. The van der Waals surface area contributed by atoms with Crippen molar-refractivity contribution in [1.29, 1.82) is 0 Å². The quantitative estimate of drug-likeness (QED) is 0.866. The average molecular weight is 365 g/mol. The molecule has 0 radical (unpaired) electrons. The van der Waals surface area contributed by atoms with Crippen molar-refractivity contribution in [1.82, 2.24) is 4.98 Å². The van der Waals surface area contributed by atoms with Crippen LogP contribution in [0.3, 0.4) is 0 Å². The van der Waals surface area contributed by atoms with E-state index in [2.05, 4.69) is 15.6 Å². The van der Waals surface area contributed by atoms with Crippen molar-refractivity contribution in [2.75, 3.05) is 17.7 Å². The lowest BCUT2D eigenvalue weighted by atomic mass is 9.85. The Bertz CT molecular complexity index is 857. The fourth-order valence-electron chi connectivity index (χ4n) is 3.99. The van der Waals surface area contributed by atoms with Gasteiger partial charge in [-0.15, -0.1) is 0 Å². The highest BCUT2D eigenvalue weighted by atomic mass is 16.5. The zero-order valence-corrected chi connectivity index (χ0v) is 15.3. The molecule has 1 aliphatic heterocycles. The molecule has 0 bridgehead atoms. The summed E-state index contributed by atoms with van der Waals surface area (Å²) in [7, 11) is 1.58. The second-order valence-corrected chi connectivity index (χ2v) is 7.21. The topological polar surface area (TPSA) is 80.3 Å². The number of rotatable bonds is 4. The van der Waals surface area contributed by atoms with Crippen LogP contribution >= 0.6 is 0 Å². The largest absolute Gasteiger partial charge is 0.481 e. The summed E-state index contributed by atoms with van der Waals surface area (Å²) in [6.45, 7) is 0. The van der Waals surface area contributed by atoms with E-state index in [9.17, 15) is 9.59 Å². The molecule has 2 amide bonds. The van der Waals surface area contributed by atoms with E-state index in [1.54, 1.807) is 19.4 Å². The summed E-state index contributed by atoms with van der Waals surface area (Å²) in [5.74, 6) is 0.623. The highest BCUT2D eigenvalue weighted by Gasteiger charge is 2.28. The number of carbonyl (C=O) groups excluding carboxylic acids is 2. The van der Waals surface area contributed by atoms with Crippen LogP contribution in [0.1, 0.15) is 49.1 Å². The summed E-state index contributed by atoms with van der Waals surface area (Å²) in [6, 6.07) is 9.48. The number of methoxy groups -OCH3 is 1. The Morgan fingerprint density at radius 1 is 1.22 bits per heavy atom. The Labute approximate surface area is 158 Å². The van der Waals surface area contributed by atoms with Crippen molar-refractivity contribution in [3.63, 3.8) is 0 Å². The van der Waals surface area contributed by atoms with Crippen LogP contribution in [0.25, 0.3) is 0 Å². The number of fused-ring (bicyclic) bond motifs is 1. The molecule has 2 aromatic rings. The smallest absolute Gasteiger partial charge is 0.227 e. The number of hydrogen-bond acceptors (Lipinski definition) is 4. The van der Waals surface area contributed by atoms with Gasteiger partial charge in [-0.3, -0.25) is 9.59 Å². The number of nitrogens with one attached hydrogen (secondary N) is 2. The Balaban J connectivity index is 1.58. The molecule has 1 aromatic carbocycles. The molecule has 27 heavy (non-hydrogen) atoms. The minimum Gasteiger partial charge on any atom is -0.481 e. The first-order valence-corrected chi connectivity index (χ1v) is 9.38. The number of benzene rings is 1. The van der Waals surface area contributed by atoms with Crippen LogP contribution in [0, 0.1) is 5.92 Å². The van der Waals surface area contributed by atoms with Crippen LogP contribution < -0.4 is 15.4 Å². The predicted octanol–water partition coefficient (Wildman–Crippen LogP) is 3.69. The maximum Gasteiger partial charge on any atom is 0.227 e. The molecule has 1 fully saturated rings. The fraction of sp³-hybridized carbons (Fsp3) is 0.381.